The van der Waals surface area contributed by atoms with Gasteiger partial charge < -0.3 is 20.1 Å². The van der Waals surface area contributed by atoms with E-state index in [1.807, 2.05) is 0 Å². The Morgan fingerprint density at radius 3 is 2.95 bits per heavy atom. The number of rotatable bonds is 5. The van der Waals surface area contributed by atoms with Gasteiger partial charge in [-0.2, -0.15) is 0 Å². The number of nitrogens with one attached hydrogen (secondary N) is 1. The van der Waals surface area contributed by atoms with E-state index in [0.29, 0.717) is 11.3 Å². The van der Waals surface area contributed by atoms with Crippen LogP contribution < -0.4 is 5.32 Å². The molecule has 2 N–H and O–H groups in total. The van der Waals surface area contributed by atoms with Crippen LogP contribution in [-0.4, -0.2) is 48.7 Å². The van der Waals surface area contributed by atoms with Crippen LogP contribution in [0.3, 0.4) is 0 Å². The van der Waals surface area contributed by atoms with Crippen LogP contribution in [-0.2, 0) is 14.3 Å². The van der Waals surface area contributed by atoms with Crippen molar-refractivity contribution in [3.63, 3.8) is 0 Å². The molecule has 6 heteroatoms. The highest BCUT2D eigenvalue weighted by molar-refractivity contribution is 6.08. The molecule has 0 bridgehead atoms. The normalized spacial score (nSPS) is 14.0. The predicted octanol–water partition coefficient (Wildman–Crippen LogP) is 0.341. The molecule has 1 aromatic carbocycles. The molecule has 0 saturated carbocycles. The zero-order chi connectivity index (χ0) is 16.1. The number of amides is 1. The first kappa shape index (κ1) is 15.6. The van der Waals surface area contributed by atoms with Crippen molar-refractivity contribution < 1.29 is 19.4 Å². The smallest absolute Gasteiger partial charge is 0.337 e. The Kier molecular flexibility index (Phi) is 4.81. The van der Waals surface area contributed by atoms with Crippen LogP contribution in [0.2, 0.25) is 0 Å². The zero-order valence-corrected chi connectivity index (χ0v) is 12.1. The van der Waals surface area contributed by atoms with Crippen LogP contribution in [0.4, 0.5) is 5.69 Å². The number of esters is 1. The van der Waals surface area contributed by atoms with E-state index in [9.17, 15) is 9.59 Å². The Labute approximate surface area is 128 Å². The van der Waals surface area contributed by atoms with Gasteiger partial charge in [0.2, 0.25) is 0 Å². The molecule has 6 nitrogen and oxygen atoms in total. The maximum Gasteiger partial charge on any atom is 0.337 e. The van der Waals surface area contributed by atoms with Crippen molar-refractivity contribution in [2.45, 2.75) is 0 Å². The second-order valence-corrected chi connectivity index (χ2v) is 4.65. The van der Waals surface area contributed by atoms with Gasteiger partial charge in [-0.25, -0.2) is 4.79 Å². The summed E-state index contributed by atoms with van der Waals surface area (Å²) in [5, 5.41) is 11.9. The maximum atomic E-state index is 12.3. The van der Waals surface area contributed by atoms with Crippen molar-refractivity contribution in [3.8, 4) is 12.3 Å². The number of benzene rings is 1. The van der Waals surface area contributed by atoms with E-state index >= 15 is 0 Å². The average molecular weight is 300 g/mol. The summed E-state index contributed by atoms with van der Waals surface area (Å²) in [7, 11) is 1.26. The van der Waals surface area contributed by atoms with Crippen molar-refractivity contribution in [1.29, 1.82) is 0 Å². The van der Waals surface area contributed by atoms with Gasteiger partial charge in [-0.15, -0.1) is 6.42 Å². The summed E-state index contributed by atoms with van der Waals surface area (Å²) < 4.78 is 4.71. The molecule has 1 amide bonds. The quantitative estimate of drug-likeness (QED) is 0.605. The monoisotopic (exact) mass is 300 g/mol. The maximum absolute atomic E-state index is 12.3. The van der Waals surface area contributed by atoms with E-state index in [1.165, 1.54) is 12.0 Å². The lowest BCUT2D eigenvalue weighted by Crippen LogP contribution is -2.31. The summed E-state index contributed by atoms with van der Waals surface area (Å²) in [5.74, 6) is 1.56. The molecule has 0 unspecified atom stereocenters. The number of aliphatic hydroxyl groups excluding tert-OH is 1. The van der Waals surface area contributed by atoms with Crippen LogP contribution in [0.1, 0.15) is 5.56 Å². The summed E-state index contributed by atoms with van der Waals surface area (Å²) in [4.78, 5) is 25.5. The van der Waals surface area contributed by atoms with E-state index in [1.54, 1.807) is 24.3 Å². The number of nitrogens with zero attached hydrogens (tertiary/aromatic N) is 1. The summed E-state index contributed by atoms with van der Waals surface area (Å²) in [6.07, 6.45) is 5.35. The van der Waals surface area contributed by atoms with Crippen LogP contribution in [0, 0.1) is 12.3 Å². The highest BCUT2D eigenvalue weighted by Crippen LogP contribution is 2.23. The van der Waals surface area contributed by atoms with Crippen molar-refractivity contribution in [2.75, 3.05) is 32.1 Å². The Bertz CT molecular complexity index is 673. The fraction of sp³-hybridized carbons (Fsp3) is 0.250. The molecule has 114 valence electrons. The Morgan fingerprint density at radius 2 is 2.32 bits per heavy atom. The van der Waals surface area contributed by atoms with Crippen LogP contribution in [0.25, 0.3) is 0 Å². The Balaban J connectivity index is 2.32. The third-order valence-electron chi connectivity index (χ3n) is 3.25. The number of aliphatic hydroxyl groups is 1. The molecular formula is C16H16N2O4. The van der Waals surface area contributed by atoms with E-state index in [4.69, 9.17) is 16.3 Å². The van der Waals surface area contributed by atoms with Crippen LogP contribution >= 0.6 is 0 Å². The minimum Gasteiger partial charge on any atom is -0.466 e. The van der Waals surface area contributed by atoms with Crippen LogP contribution in [0.5, 0.6) is 0 Å². The third kappa shape index (κ3) is 3.10. The number of carbonyl (C=O) groups is 2. The highest BCUT2D eigenvalue weighted by Gasteiger charge is 2.34. The van der Waals surface area contributed by atoms with E-state index < -0.39 is 5.97 Å². The molecule has 0 saturated heterocycles. The predicted molar refractivity (Wildman–Crippen MR) is 80.7 cm³/mol. The van der Waals surface area contributed by atoms with E-state index in [-0.39, 0.29) is 36.9 Å². The summed E-state index contributed by atoms with van der Waals surface area (Å²) in [6.45, 7) is 0.0676. The molecular weight excluding hydrogens is 284 g/mol. The zero-order valence-electron chi connectivity index (χ0n) is 12.1. The third-order valence-corrected chi connectivity index (χ3v) is 3.25. The van der Waals surface area contributed by atoms with E-state index in [2.05, 4.69) is 11.2 Å². The lowest BCUT2D eigenvalue weighted by molar-refractivity contribution is -0.136. The highest BCUT2D eigenvalue weighted by atomic mass is 16.5. The summed E-state index contributed by atoms with van der Waals surface area (Å²) in [5.41, 5.74) is 1.63. The Morgan fingerprint density at radius 1 is 1.55 bits per heavy atom. The molecule has 0 fully saturated rings. The second kappa shape index (κ2) is 6.78. The van der Waals surface area contributed by atoms with Gasteiger partial charge in [-0.1, -0.05) is 12.0 Å². The van der Waals surface area contributed by atoms with Crippen molar-refractivity contribution in [1.82, 2.24) is 4.90 Å². The Hall–Kier alpha value is -2.78. The van der Waals surface area contributed by atoms with Gasteiger partial charge in [0.15, 0.2) is 0 Å². The van der Waals surface area contributed by atoms with Gasteiger partial charge in [-0.05, 0) is 18.2 Å². The van der Waals surface area contributed by atoms with Gasteiger partial charge in [0, 0.05) is 17.8 Å². The van der Waals surface area contributed by atoms with Crippen molar-refractivity contribution >= 4 is 17.6 Å². The number of β-amino-alcohol motifs (C(OH)–C–C–N with tert-alkyl or cyclic N) is 1. The van der Waals surface area contributed by atoms with Gasteiger partial charge >= 0.3 is 5.97 Å². The molecule has 2 rings (SSSR count). The van der Waals surface area contributed by atoms with Gasteiger partial charge in [0.05, 0.1) is 25.8 Å². The molecule has 0 atom stereocenters. The largest absolute Gasteiger partial charge is 0.466 e. The van der Waals surface area contributed by atoms with Gasteiger partial charge in [-0.3, -0.25) is 4.79 Å². The summed E-state index contributed by atoms with van der Waals surface area (Å²) >= 11 is 0. The number of hydrogen-bond donors (Lipinski definition) is 2. The molecule has 1 aromatic rings. The first-order valence-electron chi connectivity index (χ1n) is 6.66. The first-order chi connectivity index (χ1) is 10.6. The van der Waals surface area contributed by atoms with Crippen molar-refractivity contribution in [2.24, 2.45) is 0 Å². The molecule has 0 aliphatic carbocycles. The molecule has 1 heterocycles. The average Bonchev–Trinajstić information content (AvgIpc) is 2.84. The molecule has 1 aliphatic rings. The van der Waals surface area contributed by atoms with E-state index in [0.717, 1.165) is 0 Å². The van der Waals surface area contributed by atoms with Crippen LogP contribution in [0.15, 0.2) is 35.5 Å². The van der Waals surface area contributed by atoms with Gasteiger partial charge in [0.1, 0.15) is 5.70 Å². The molecule has 0 aromatic heterocycles. The lowest BCUT2D eigenvalue weighted by Gasteiger charge is -2.15. The molecule has 1 aliphatic heterocycles. The first-order valence-corrected chi connectivity index (χ1v) is 6.66. The minimum atomic E-state index is -0.579. The summed E-state index contributed by atoms with van der Waals surface area (Å²) in [6, 6.07) is 6.95. The fourth-order valence-corrected chi connectivity index (χ4v) is 2.18. The molecule has 0 radical (unpaired) electrons. The fourth-order valence-electron chi connectivity index (χ4n) is 2.18. The molecule has 22 heavy (non-hydrogen) atoms. The number of anilines is 1. The topological polar surface area (TPSA) is 78.9 Å². The van der Waals surface area contributed by atoms with Crippen molar-refractivity contribution in [3.05, 3.63) is 41.1 Å². The lowest BCUT2D eigenvalue weighted by atomic mass is 10.2. The standard InChI is InChI=1S/C16H16N2O4/c1-3-11-5-4-6-12(9-11)17-14-13(16(21)22-2)10-18(7-8-19)15(14)20/h1,4-6,9,17,19H,7-8,10H2,2H3. The number of ether oxygens (including phenoxy) is 1. The number of hydrogen-bond acceptors (Lipinski definition) is 5. The minimum absolute atomic E-state index is 0.100. The number of terminal acetylenes is 1. The molecule has 0 spiro atoms. The number of carbonyl (C=O) groups excluding carboxylic acids is 2. The SMILES string of the molecule is C#Cc1cccc(NC2=C(C(=O)OC)CN(CCO)C2=O)c1. The van der Waals surface area contributed by atoms with Gasteiger partial charge in [0.25, 0.3) is 5.91 Å². The second-order valence-electron chi connectivity index (χ2n) is 4.65. The number of methoxy groups -OCH3 is 1.